The predicted molar refractivity (Wildman–Crippen MR) is 41.1 cm³/mol. The lowest BCUT2D eigenvalue weighted by Crippen LogP contribution is -2.33. The van der Waals surface area contributed by atoms with E-state index in [-0.39, 0.29) is 0 Å². The molecule has 57 valence electrons. The van der Waals surface area contributed by atoms with Crippen LogP contribution in [0, 0.1) is 0 Å². The first kappa shape index (κ1) is 6.62. The molecule has 0 aromatic heterocycles. The third-order valence-electron chi connectivity index (χ3n) is 2.95. The van der Waals surface area contributed by atoms with Crippen LogP contribution in [0.25, 0.3) is 0 Å². The van der Waals surface area contributed by atoms with Crippen molar-refractivity contribution in [1.29, 1.82) is 0 Å². The standard InChI is InChI=1S/C8H15N2/c1-10-7-2-3-8(10)6-9-5-4-7/h7-8H,2-6H2,1H3. The zero-order chi connectivity index (χ0) is 6.97. The number of hydrogen-bond acceptors (Lipinski definition) is 1. The molecule has 0 aromatic carbocycles. The van der Waals surface area contributed by atoms with Crippen LogP contribution >= 0.6 is 0 Å². The molecule has 0 spiro atoms. The topological polar surface area (TPSA) is 17.3 Å². The maximum Gasteiger partial charge on any atom is 0.0289 e. The predicted octanol–water partition coefficient (Wildman–Crippen LogP) is 0.457. The Morgan fingerprint density at radius 2 is 2.00 bits per heavy atom. The fourth-order valence-corrected chi connectivity index (χ4v) is 2.14. The van der Waals surface area contributed by atoms with Crippen LogP contribution in [-0.4, -0.2) is 37.1 Å². The molecule has 2 heteroatoms. The number of likely N-dealkylation sites (N-methyl/N-ethyl adjacent to an activating group) is 1. The Balaban J connectivity index is 2.07. The lowest BCUT2D eigenvalue weighted by molar-refractivity contribution is 0.253. The lowest BCUT2D eigenvalue weighted by Gasteiger charge is -2.21. The van der Waals surface area contributed by atoms with E-state index in [2.05, 4.69) is 17.3 Å². The molecule has 2 aliphatic rings. The van der Waals surface area contributed by atoms with Crippen LogP contribution in [0.4, 0.5) is 0 Å². The van der Waals surface area contributed by atoms with Crippen molar-refractivity contribution in [3.63, 3.8) is 0 Å². The Hall–Kier alpha value is -0.0800. The van der Waals surface area contributed by atoms with Crippen molar-refractivity contribution < 1.29 is 0 Å². The summed E-state index contributed by atoms with van der Waals surface area (Å²) in [6.45, 7) is 2.19. The SMILES string of the molecule is CN1C2CC[N]CC1CC2. The molecule has 2 heterocycles. The minimum absolute atomic E-state index is 0.785. The first-order valence-corrected chi connectivity index (χ1v) is 4.23. The van der Waals surface area contributed by atoms with E-state index < -0.39 is 0 Å². The van der Waals surface area contributed by atoms with Crippen molar-refractivity contribution in [2.45, 2.75) is 31.3 Å². The summed E-state index contributed by atoms with van der Waals surface area (Å²) in [5.74, 6) is 0. The average Bonchev–Trinajstić information content (AvgIpc) is 2.06. The zero-order valence-electron chi connectivity index (χ0n) is 6.58. The Morgan fingerprint density at radius 3 is 2.90 bits per heavy atom. The van der Waals surface area contributed by atoms with Gasteiger partial charge in [0.2, 0.25) is 0 Å². The Kier molecular flexibility index (Phi) is 1.66. The van der Waals surface area contributed by atoms with E-state index in [1.807, 2.05) is 0 Å². The van der Waals surface area contributed by atoms with Gasteiger partial charge < -0.3 is 0 Å². The molecule has 1 radical (unpaired) electrons. The maximum absolute atomic E-state index is 4.46. The van der Waals surface area contributed by atoms with Crippen molar-refractivity contribution in [2.24, 2.45) is 0 Å². The summed E-state index contributed by atoms with van der Waals surface area (Å²) < 4.78 is 0. The van der Waals surface area contributed by atoms with E-state index >= 15 is 0 Å². The summed E-state index contributed by atoms with van der Waals surface area (Å²) in [6, 6.07) is 1.64. The molecular weight excluding hydrogens is 124 g/mol. The quantitative estimate of drug-likeness (QED) is 0.476. The molecule has 2 atom stereocenters. The highest BCUT2D eigenvalue weighted by Crippen LogP contribution is 2.25. The van der Waals surface area contributed by atoms with Gasteiger partial charge in [-0.3, -0.25) is 4.90 Å². The summed E-state index contributed by atoms with van der Waals surface area (Å²) in [5.41, 5.74) is 0. The van der Waals surface area contributed by atoms with Gasteiger partial charge in [-0.1, -0.05) is 0 Å². The van der Waals surface area contributed by atoms with Gasteiger partial charge >= 0.3 is 0 Å². The maximum atomic E-state index is 4.46. The molecule has 0 N–H and O–H groups in total. The van der Waals surface area contributed by atoms with Gasteiger partial charge in [-0.2, -0.15) is 0 Å². The summed E-state index contributed by atoms with van der Waals surface area (Å²) in [6.07, 6.45) is 4.09. The van der Waals surface area contributed by atoms with E-state index in [4.69, 9.17) is 0 Å². The minimum Gasteiger partial charge on any atom is -0.299 e. The molecule has 10 heavy (non-hydrogen) atoms. The fraction of sp³-hybridized carbons (Fsp3) is 1.00. The van der Waals surface area contributed by atoms with Gasteiger partial charge in [0, 0.05) is 25.2 Å². The van der Waals surface area contributed by atoms with Crippen LogP contribution in [0.5, 0.6) is 0 Å². The van der Waals surface area contributed by atoms with Crippen molar-refractivity contribution in [3.8, 4) is 0 Å². The highest BCUT2D eigenvalue weighted by Gasteiger charge is 2.31. The fourth-order valence-electron chi connectivity index (χ4n) is 2.14. The molecule has 2 aliphatic heterocycles. The van der Waals surface area contributed by atoms with Crippen molar-refractivity contribution in [3.05, 3.63) is 0 Å². The summed E-state index contributed by atoms with van der Waals surface area (Å²) >= 11 is 0. The molecule has 0 aliphatic carbocycles. The number of nitrogens with zero attached hydrogens (tertiary/aromatic N) is 2. The Bertz CT molecular complexity index is 110. The second-order valence-electron chi connectivity index (χ2n) is 3.47. The first-order valence-electron chi connectivity index (χ1n) is 4.23. The van der Waals surface area contributed by atoms with E-state index in [0.29, 0.717) is 0 Å². The third-order valence-corrected chi connectivity index (χ3v) is 2.95. The van der Waals surface area contributed by atoms with Crippen LogP contribution in [0.2, 0.25) is 0 Å². The monoisotopic (exact) mass is 139 g/mol. The molecule has 0 aromatic rings. The summed E-state index contributed by atoms with van der Waals surface area (Å²) in [5, 5.41) is 4.46. The molecule has 2 nitrogen and oxygen atoms in total. The highest BCUT2D eigenvalue weighted by molar-refractivity contribution is 4.89. The van der Waals surface area contributed by atoms with Crippen molar-refractivity contribution >= 4 is 0 Å². The van der Waals surface area contributed by atoms with Crippen molar-refractivity contribution in [2.75, 3.05) is 20.1 Å². The van der Waals surface area contributed by atoms with E-state index in [9.17, 15) is 0 Å². The highest BCUT2D eigenvalue weighted by atomic mass is 15.2. The molecule has 2 saturated heterocycles. The normalized spacial score (nSPS) is 41.7. The van der Waals surface area contributed by atoms with Gasteiger partial charge in [0.1, 0.15) is 0 Å². The molecule has 0 amide bonds. The molecule has 2 unspecified atom stereocenters. The summed E-state index contributed by atoms with van der Waals surface area (Å²) in [7, 11) is 2.25. The first-order chi connectivity index (χ1) is 4.88. The Labute approximate surface area is 62.6 Å². The van der Waals surface area contributed by atoms with Gasteiger partial charge in [-0.15, -0.1) is 0 Å². The van der Waals surface area contributed by atoms with Crippen LogP contribution < -0.4 is 5.32 Å². The molecule has 0 saturated carbocycles. The number of fused-ring (bicyclic) bond motifs is 2. The minimum atomic E-state index is 0.785. The molecule has 2 bridgehead atoms. The van der Waals surface area contributed by atoms with Gasteiger partial charge in [0.25, 0.3) is 0 Å². The molecule has 2 fully saturated rings. The van der Waals surface area contributed by atoms with E-state index in [1.165, 1.54) is 19.3 Å². The number of rotatable bonds is 0. The van der Waals surface area contributed by atoms with Crippen LogP contribution in [0.3, 0.4) is 0 Å². The molecule has 2 rings (SSSR count). The van der Waals surface area contributed by atoms with Gasteiger partial charge in [0.15, 0.2) is 0 Å². The zero-order valence-corrected chi connectivity index (χ0v) is 6.58. The van der Waals surface area contributed by atoms with Gasteiger partial charge in [0.05, 0.1) is 0 Å². The summed E-state index contributed by atoms with van der Waals surface area (Å²) in [4.78, 5) is 2.52. The number of hydrogen-bond donors (Lipinski definition) is 0. The lowest BCUT2D eigenvalue weighted by atomic mass is 10.1. The van der Waals surface area contributed by atoms with Crippen molar-refractivity contribution in [1.82, 2.24) is 10.2 Å². The molecular formula is C8H15N2. The second kappa shape index (κ2) is 2.51. The van der Waals surface area contributed by atoms with Crippen LogP contribution in [0.1, 0.15) is 19.3 Å². The average molecular weight is 139 g/mol. The van der Waals surface area contributed by atoms with Gasteiger partial charge in [-0.25, -0.2) is 5.32 Å². The third kappa shape index (κ3) is 0.956. The van der Waals surface area contributed by atoms with Gasteiger partial charge in [-0.05, 0) is 26.3 Å². The van der Waals surface area contributed by atoms with Crippen LogP contribution in [-0.2, 0) is 0 Å². The van der Waals surface area contributed by atoms with Crippen LogP contribution in [0.15, 0.2) is 0 Å². The smallest absolute Gasteiger partial charge is 0.0289 e. The Morgan fingerprint density at radius 1 is 1.20 bits per heavy atom. The largest absolute Gasteiger partial charge is 0.299 e. The second-order valence-corrected chi connectivity index (χ2v) is 3.47. The van der Waals surface area contributed by atoms with E-state index in [1.54, 1.807) is 0 Å². The van der Waals surface area contributed by atoms with E-state index in [0.717, 1.165) is 25.2 Å².